The van der Waals surface area contributed by atoms with Gasteiger partial charge in [0.25, 0.3) is 5.91 Å². The number of nitrogens with one attached hydrogen (secondary N) is 2. The van der Waals surface area contributed by atoms with E-state index >= 15 is 0 Å². The van der Waals surface area contributed by atoms with E-state index in [1.165, 1.54) is 12.8 Å². The van der Waals surface area contributed by atoms with Gasteiger partial charge in [0.2, 0.25) is 5.82 Å². The topological polar surface area (TPSA) is 73.9 Å². The van der Waals surface area contributed by atoms with Gasteiger partial charge in [0.15, 0.2) is 0 Å². The van der Waals surface area contributed by atoms with Gasteiger partial charge < -0.3 is 10.2 Å². The van der Waals surface area contributed by atoms with Gasteiger partial charge >= 0.3 is 0 Å². The molecule has 1 aliphatic heterocycles. The summed E-state index contributed by atoms with van der Waals surface area (Å²) in [5.41, 5.74) is 0. The van der Waals surface area contributed by atoms with Gasteiger partial charge in [0.05, 0.1) is 0 Å². The van der Waals surface area contributed by atoms with Crippen LogP contribution >= 0.6 is 0 Å². The summed E-state index contributed by atoms with van der Waals surface area (Å²) < 4.78 is 0. The number of amides is 1. The molecule has 0 bridgehead atoms. The summed E-state index contributed by atoms with van der Waals surface area (Å²) in [6.45, 7) is 7.37. The quantitative estimate of drug-likeness (QED) is 0.820. The average Bonchev–Trinajstić information content (AvgIpc) is 2.83. The first-order chi connectivity index (χ1) is 8.70. The molecule has 18 heavy (non-hydrogen) atoms. The fraction of sp³-hybridized carbons (Fsp3) is 0.750. The minimum absolute atomic E-state index is 0.0765. The predicted molar refractivity (Wildman–Crippen MR) is 68.3 cm³/mol. The monoisotopic (exact) mass is 251 g/mol. The molecule has 0 spiro atoms. The second kappa shape index (κ2) is 5.95. The van der Waals surface area contributed by atoms with Crippen LogP contribution in [0.25, 0.3) is 0 Å². The average molecular weight is 251 g/mol. The molecule has 1 amide bonds. The number of aromatic nitrogens is 3. The molecule has 1 saturated heterocycles. The van der Waals surface area contributed by atoms with Crippen LogP contribution < -0.4 is 5.32 Å². The second-order valence-electron chi connectivity index (χ2n) is 4.80. The Bertz CT molecular complexity index is 397. The molecule has 2 rings (SSSR count). The van der Waals surface area contributed by atoms with Crippen molar-refractivity contribution in [1.29, 1.82) is 0 Å². The number of H-pyrrole nitrogens is 1. The molecule has 0 aliphatic carbocycles. The molecule has 1 aliphatic rings. The Morgan fingerprint density at radius 2 is 2.39 bits per heavy atom. The standard InChI is InChI=1S/C12H21N5O/c1-3-17(8-10-5-4-6-13-7-10)12(18)11-14-9(2)15-16-11/h10,13H,3-8H2,1-2H3,(H,14,15,16). The fourth-order valence-electron chi connectivity index (χ4n) is 2.33. The van der Waals surface area contributed by atoms with E-state index in [9.17, 15) is 4.79 Å². The van der Waals surface area contributed by atoms with Crippen LogP contribution in [0.5, 0.6) is 0 Å². The zero-order valence-electron chi connectivity index (χ0n) is 11.1. The van der Waals surface area contributed by atoms with E-state index in [1.54, 1.807) is 6.92 Å². The Hall–Kier alpha value is -1.43. The van der Waals surface area contributed by atoms with Crippen LogP contribution in [0.15, 0.2) is 0 Å². The zero-order valence-corrected chi connectivity index (χ0v) is 11.1. The summed E-state index contributed by atoms with van der Waals surface area (Å²) in [5, 5.41) is 10.0. The van der Waals surface area contributed by atoms with Gasteiger partial charge in [0, 0.05) is 13.1 Å². The maximum atomic E-state index is 12.2. The molecular weight excluding hydrogens is 230 g/mol. The van der Waals surface area contributed by atoms with Crippen molar-refractivity contribution in [3.05, 3.63) is 11.6 Å². The van der Waals surface area contributed by atoms with Crippen molar-refractivity contribution in [1.82, 2.24) is 25.4 Å². The lowest BCUT2D eigenvalue weighted by molar-refractivity contribution is 0.0717. The number of carbonyl (C=O) groups excluding carboxylic acids is 1. The van der Waals surface area contributed by atoms with Gasteiger partial charge in [-0.25, -0.2) is 4.98 Å². The number of hydrogen-bond donors (Lipinski definition) is 2. The summed E-state index contributed by atoms with van der Waals surface area (Å²) >= 11 is 0. The van der Waals surface area contributed by atoms with E-state index in [4.69, 9.17) is 0 Å². The Morgan fingerprint density at radius 3 is 2.94 bits per heavy atom. The molecule has 2 heterocycles. The minimum atomic E-state index is -0.0765. The van der Waals surface area contributed by atoms with Crippen molar-refractivity contribution in [3.63, 3.8) is 0 Å². The lowest BCUT2D eigenvalue weighted by Gasteiger charge is -2.28. The molecule has 0 aromatic carbocycles. The van der Waals surface area contributed by atoms with Crippen LogP contribution in [-0.2, 0) is 0 Å². The maximum absolute atomic E-state index is 12.2. The van der Waals surface area contributed by atoms with Crippen molar-refractivity contribution >= 4 is 5.91 Å². The number of nitrogens with zero attached hydrogens (tertiary/aromatic N) is 3. The van der Waals surface area contributed by atoms with Gasteiger partial charge in [-0.2, -0.15) is 0 Å². The number of hydrogen-bond acceptors (Lipinski definition) is 4. The molecule has 2 N–H and O–H groups in total. The number of rotatable bonds is 4. The van der Waals surface area contributed by atoms with Crippen LogP contribution in [0.3, 0.4) is 0 Å². The Labute approximate surface area is 107 Å². The maximum Gasteiger partial charge on any atom is 0.293 e. The van der Waals surface area contributed by atoms with Crippen LogP contribution in [-0.4, -0.2) is 52.2 Å². The summed E-state index contributed by atoms with van der Waals surface area (Å²) in [7, 11) is 0. The molecule has 0 radical (unpaired) electrons. The molecule has 1 fully saturated rings. The van der Waals surface area contributed by atoms with Crippen LogP contribution in [0, 0.1) is 12.8 Å². The first-order valence-electron chi connectivity index (χ1n) is 6.59. The highest BCUT2D eigenvalue weighted by atomic mass is 16.2. The molecular formula is C12H21N5O. The van der Waals surface area contributed by atoms with Crippen molar-refractivity contribution in [2.45, 2.75) is 26.7 Å². The van der Waals surface area contributed by atoms with E-state index in [0.29, 0.717) is 18.3 Å². The third-order valence-corrected chi connectivity index (χ3v) is 3.33. The second-order valence-corrected chi connectivity index (χ2v) is 4.80. The summed E-state index contributed by atoms with van der Waals surface area (Å²) in [5.74, 6) is 1.42. The fourth-order valence-corrected chi connectivity index (χ4v) is 2.33. The summed E-state index contributed by atoms with van der Waals surface area (Å²) in [6, 6.07) is 0. The molecule has 0 saturated carbocycles. The van der Waals surface area contributed by atoms with Crippen LogP contribution in [0.4, 0.5) is 0 Å². The van der Waals surface area contributed by atoms with E-state index in [1.807, 2.05) is 11.8 Å². The van der Waals surface area contributed by atoms with Gasteiger partial charge in [-0.05, 0) is 45.7 Å². The molecule has 1 aromatic rings. The Kier molecular flexibility index (Phi) is 4.30. The first kappa shape index (κ1) is 13.0. The highest BCUT2D eigenvalue weighted by Gasteiger charge is 2.22. The van der Waals surface area contributed by atoms with E-state index < -0.39 is 0 Å². The van der Waals surface area contributed by atoms with Crippen molar-refractivity contribution in [2.24, 2.45) is 5.92 Å². The molecule has 1 aromatic heterocycles. The number of carbonyl (C=O) groups is 1. The first-order valence-corrected chi connectivity index (χ1v) is 6.59. The molecule has 100 valence electrons. The van der Waals surface area contributed by atoms with Crippen molar-refractivity contribution in [2.75, 3.05) is 26.2 Å². The Balaban J connectivity index is 1.97. The third kappa shape index (κ3) is 3.07. The number of aryl methyl sites for hydroxylation is 1. The van der Waals surface area contributed by atoms with Crippen molar-refractivity contribution < 1.29 is 4.79 Å². The highest BCUT2D eigenvalue weighted by Crippen LogP contribution is 2.12. The summed E-state index contributed by atoms with van der Waals surface area (Å²) in [4.78, 5) is 18.2. The minimum Gasteiger partial charge on any atom is -0.336 e. The van der Waals surface area contributed by atoms with E-state index in [-0.39, 0.29) is 11.7 Å². The van der Waals surface area contributed by atoms with Gasteiger partial charge in [-0.3, -0.25) is 9.89 Å². The van der Waals surface area contributed by atoms with Gasteiger partial charge in [-0.15, -0.1) is 5.10 Å². The van der Waals surface area contributed by atoms with Crippen LogP contribution in [0.1, 0.15) is 36.2 Å². The predicted octanol–water partition coefficient (Wildman–Crippen LogP) is 0.575. The SMILES string of the molecule is CCN(CC1CCCNC1)C(=O)c1n[nH]c(C)n1. The largest absolute Gasteiger partial charge is 0.336 e. The zero-order chi connectivity index (χ0) is 13.0. The van der Waals surface area contributed by atoms with Crippen LogP contribution in [0.2, 0.25) is 0 Å². The lowest BCUT2D eigenvalue weighted by Crippen LogP contribution is -2.41. The lowest BCUT2D eigenvalue weighted by atomic mass is 9.99. The molecule has 6 heteroatoms. The molecule has 6 nitrogen and oxygen atoms in total. The highest BCUT2D eigenvalue weighted by molar-refractivity contribution is 5.90. The molecule has 1 unspecified atom stereocenters. The van der Waals surface area contributed by atoms with Gasteiger partial charge in [-0.1, -0.05) is 0 Å². The summed E-state index contributed by atoms with van der Waals surface area (Å²) in [6.07, 6.45) is 2.37. The Morgan fingerprint density at radius 1 is 1.56 bits per heavy atom. The smallest absolute Gasteiger partial charge is 0.293 e. The third-order valence-electron chi connectivity index (χ3n) is 3.33. The molecule has 1 atom stereocenters. The van der Waals surface area contributed by atoms with Gasteiger partial charge in [0.1, 0.15) is 5.82 Å². The van der Waals surface area contributed by atoms with E-state index in [0.717, 1.165) is 19.6 Å². The number of piperidine rings is 1. The van der Waals surface area contributed by atoms with E-state index in [2.05, 4.69) is 20.5 Å². The van der Waals surface area contributed by atoms with Crippen molar-refractivity contribution in [3.8, 4) is 0 Å². The number of aromatic amines is 1. The normalized spacial score (nSPS) is 19.8.